The van der Waals surface area contributed by atoms with Gasteiger partial charge in [0.15, 0.2) is 0 Å². The third-order valence-corrected chi connectivity index (χ3v) is 7.35. The molecule has 0 aromatic heterocycles. The van der Waals surface area contributed by atoms with Gasteiger partial charge in [0.1, 0.15) is 0 Å². The van der Waals surface area contributed by atoms with Crippen molar-refractivity contribution in [2.75, 3.05) is 19.7 Å². The standard InChI is InChI=1S/C32H65NO2/c1-4-7-10-13-15-16-18-23-28-33-29-24-19-22-27-32(34)35-30-31(25-20-12-9-6-3)26-21-17-14-11-8-5-2/h31,33H,4-30H2,1-3H3. The predicted molar refractivity (Wildman–Crippen MR) is 155 cm³/mol. The smallest absolute Gasteiger partial charge is 0.305 e. The van der Waals surface area contributed by atoms with Crippen molar-refractivity contribution in [3.8, 4) is 0 Å². The van der Waals surface area contributed by atoms with E-state index in [1.165, 1.54) is 135 Å². The van der Waals surface area contributed by atoms with Crippen LogP contribution in [0.15, 0.2) is 0 Å². The van der Waals surface area contributed by atoms with Crippen molar-refractivity contribution in [3.05, 3.63) is 0 Å². The Bertz CT molecular complexity index is 412. The monoisotopic (exact) mass is 496 g/mol. The third kappa shape index (κ3) is 27.9. The highest BCUT2D eigenvalue weighted by atomic mass is 16.5. The maximum absolute atomic E-state index is 12.3. The van der Waals surface area contributed by atoms with Gasteiger partial charge in [-0.1, -0.05) is 136 Å². The Balaban J connectivity index is 3.68. The van der Waals surface area contributed by atoms with E-state index < -0.39 is 0 Å². The number of carbonyl (C=O) groups is 1. The van der Waals surface area contributed by atoms with Crippen LogP contribution in [0.3, 0.4) is 0 Å². The summed E-state index contributed by atoms with van der Waals surface area (Å²) in [5, 5.41) is 3.57. The van der Waals surface area contributed by atoms with Crippen LogP contribution in [0.2, 0.25) is 0 Å². The molecule has 0 bridgehead atoms. The Kier molecular flexibility index (Phi) is 29.2. The number of hydrogen-bond donors (Lipinski definition) is 1. The third-order valence-electron chi connectivity index (χ3n) is 7.35. The summed E-state index contributed by atoms with van der Waals surface area (Å²) in [4.78, 5) is 12.3. The van der Waals surface area contributed by atoms with Crippen LogP contribution in [0.25, 0.3) is 0 Å². The molecule has 210 valence electrons. The van der Waals surface area contributed by atoms with Crippen LogP contribution in [-0.4, -0.2) is 25.7 Å². The molecule has 0 aliphatic rings. The molecular weight excluding hydrogens is 430 g/mol. The van der Waals surface area contributed by atoms with Crippen molar-refractivity contribution in [1.29, 1.82) is 0 Å². The van der Waals surface area contributed by atoms with E-state index in [-0.39, 0.29) is 5.97 Å². The molecule has 0 heterocycles. The summed E-state index contributed by atoms with van der Waals surface area (Å²) in [6.45, 7) is 9.71. The number of ether oxygens (including phenoxy) is 1. The first-order chi connectivity index (χ1) is 17.2. The summed E-state index contributed by atoms with van der Waals surface area (Å²) in [6, 6.07) is 0. The summed E-state index contributed by atoms with van der Waals surface area (Å²) < 4.78 is 5.72. The summed E-state index contributed by atoms with van der Waals surface area (Å²) in [5.41, 5.74) is 0. The van der Waals surface area contributed by atoms with Crippen molar-refractivity contribution < 1.29 is 9.53 Å². The molecule has 1 atom stereocenters. The van der Waals surface area contributed by atoms with Gasteiger partial charge in [0.05, 0.1) is 6.61 Å². The molecule has 0 saturated heterocycles. The Morgan fingerprint density at radius 1 is 0.543 bits per heavy atom. The minimum absolute atomic E-state index is 0.0263. The van der Waals surface area contributed by atoms with Crippen LogP contribution in [0.4, 0.5) is 0 Å². The van der Waals surface area contributed by atoms with Crippen molar-refractivity contribution in [3.63, 3.8) is 0 Å². The fourth-order valence-corrected chi connectivity index (χ4v) is 4.87. The maximum Gasteiger partial charge on any atom is 0.305 e. The molecule has 0 aliphatic heterocycles. The van der Waals surface area contributed by atoms with Crippen LogP contribution < -0.4 is 5.32 Å². The minimum atomic E-state index is 0.0263. The van der Waals surface area contributed by atoms with Gasteiger partial charge in [-0.15, -0.1) is 0 Å². The topological polar surface area (TPSA) is 38.3 Å². The molecule has 0 aliphatic carbocycles. The molecule has 0 rings (SSSR count). The molecule has 1 unspecified atom stereocenters. The van der Waals surface area contributed by atoms with E-state index in [0.717, 1.165) is 25.9 Å². The first-order valence-corrected chi connectivity index (χ1v) is 16.1. The largest absolute Gasteiger partial charge is 0.465 e. The van der Waals surface area contributed by atoms with Crippen LogP contribution in [-0.2, 0) is 9.53 Å². The van der Waals surface area contributed by atoms with Crippen molar-refractivity contribution in [1.82, 2.24) is 5.32 Å². The molecule has 1 N–H and O–H groups in total. The van der Waals surface area contributed by atoms with Crippen LogP contribution in [0, 0.1) is 5.92 Å². The number of esters is 1. The second kappa shape index (κ2) is 29.7. The van der Waals surface area contributed by atoms with Gasteiger partial charge in [-0.25, -0.2) is 0 Å². The van der Waals surface area contributed by atoms with Crippen LogP contribution in [0.1, 0.15) is 175 Å². The van der Waals surface area contributed by atoms with E-state index in [2.05, 4.69) is 26.1 Å². The Morgan fingerprint density at radius 3 is 1.46 bits per heavy atom. The zero-order chi connectivity index (χ0) is 25.7. The number of carbonyl (C=O) groups excluding carboxylic acids is 1. The number of nitrogens with one attached hydrogen (secondary N) is 1. The number of unbranched alkanes of at least 4 members (excludes halogenated alkanes) is 17. The normalized spacial score (nSPS) is 12.2. The minimum Gasteiger partial charge on any atom is -0.465 e. The second-order valence-electron chi connectivity index (χ2n) is 11.0. The molecule has 0 aromatic carbocycles. The lowest BCUT2D eigenvalue weighted by Crippen LogP contribution is -2.17. The molecule has 0 fully saturated rings. The van der Waals surface area contributed by atoms with Gasteiger partial charge in [0.25, 0.3) is 0 Å². The SMILES string of the molecule is CCCCCCCCCCNCCCCCC(=O)OCC(CCCCCC)CCCCCCCC. The predicted octanol–water partition coefficient (Wildman–Crippen LogP) is 10.2. The molecule has 0 aromatic rings. The highest BCUT2D eigenvalue weighted by molar-refractivity contribution is 5.69. The Hall–Kier alpha value is -0.570. The van der Waals surface area contributed by atoms with Gasteiger partial charge < -0.3 is 10.1 Å². The molecule has 35 heavy (non-hydrogen) atoms. The lowest BCUT2D eigenvalue weighted by atomic mass is 9.95. The van der Waals surface area contributed by atoms with E-state index in [1.54, 1.807) is 0 Å². The molecule has 0 radical (unpaired) electrons. The van der Waals surface area contributed by atoms with Crippen molar-refractivity contribution in [2.24, 2.45) is 5.92 Å². The van der Waals surface area contributed by atoms with E-state index in [1.807, 2.05) is 0 Å². The Morgan fingerprint density at radius 2 is 0.943 bits per heavy atom. The zero-order valence-electron chi connectivity index (χ0n) is 24.5. The molecular formula is C32H65NO2. The summed E-state index contributed by atoms with van der Waals surface area (Å²) in [6.07, 6.45) is 30.7. The summed E-state index contributed by atoms with van der Waals surface area (Å²) in [7, 11) is 0. The van der Waals surface area contributed by atoms with Gasteiger partial charge in [-0.2, -0.15) is 0 Å². The average Bonchev–Trinajstić information content (AvgIpc) is 2.86. The second-order valence-corrected chi connectivity index (χ2v) is 11.0. The van der Waals surface area contributed by atoms with Gasteiger partial charge in [0.2, 0.25) is 0 Å². The van der Waals surface area contributed by atoms with E-state index in [4.69, 9.17) is 4.74 Å². The van der Waals surface area contributed by atoms with Crippen LogP contribution >= 0.6 is 0 Å². The quantitative estimate of drug-likeness (QED) is 0.0828. The first kappa shape index (κ1) is 34.4. The Labute approximate surface area is 221 Å². The number of hydrogen-bond acceptors (Lipinski definition) is 3. The van der Waals surface area contributed by atoms with E-state index in [9.17, 15) is 4.79 Å². The molecule has 0 spiro atoms. The lowest BCUT2D eigenvalue weighted by molar-refractivity contribution is -0.145. The molecule has 3 heteroatoms. The van der Waals surface area contributed by atoms with Crippen molar-refractivity contribution >= 4 is 5.97 Å². The lowest BCUT2D eigenvalue weighted by Gasteiger charge is -2.17. The molecule has 0 saturated carbocycles. The van der Waals surface area contributed by atoms with Gasteiger partial charge >= 0.3 is 5.97 Å². The van der Waals surface area contributed by atoms with Gasteiger partial charge in [0, 0.05) is 6.42 Å². The molecule has 3 nitrogen and oxygen atoms in total. The van der Waals surface area contributed by atoms with E-state index in [0.29, 0.717) is 18.9 Å². The van der Waals surface area contributed by atoms with Gasteiger partial charge in [-0.3, -0.25) is 4.79 Å². The fraction of sp³-hybridized carbons (Fsp3) is 0.969. The summed E-state index contributed by atoms with van der Waals surface area (Å²) >= 11 is 0. The first-order valence-electron chi connectivity index (χ1n) is 16.1. The molecule has 0 amide bonds. The zero-order valence-corrected chi connectivity index (χ0v) is 24.5. The van der Waals surface area contributed by atoms with E-state index >= 15 is 0 Å². The van der Waals surface area contributed by atoms with Crippen LogP contribution in [0.5, 0.6) is 0 Å². The maximum atomic E-state index is 12.3. The fourth-order valence-electron chi connectivity index (χ4n) is 4.87. The summed E-state index contributed by atoms with van der Waals surface area (Å²) in [5.74, 6) is 0.598. The highest BCUT2D eigenvalue weighted by Crippen LogP contribution is 2.20. The van der Waals surface area contributed by atoms with Gasteiger partial charge in [-0.05, 0) is 51.1 Å². The van der Waals surface area contributed by atoms with Crippen molar-refractivity contribution in [2.45, 2.75) is 175 Å². The highest BCUT2D eigenvalue weighted by Gasteiger charge is 2.12. The number of rotatable bonds is 29. The average molecular weight is 496 g/mol.